The van der Waals surface area contributed by atoms with Crippen molar-refractivity contribution < 1.29 is 4.39 Å². The van der Waals surface area contributed by atoms with Gasteiger partial charge in [0.05, 0.1) is 5.02 Å². The summed E-state index contributed by atoms with van der Waals surface area (Å²) >= 11 is 13.8. The number of hydrogen-bond acceptors (Lipinski definition) is 1. The van der Waals surface area contributed by atoms with Crippen molar-refractivity contribution in [3.63, 3.8) is 0 Å². The number of rotatable bonds is 3. The van der Waals surface area contributed by atoms with E-state index >= 15 is 0 Å². The van der Waals surface area contributed by atoms with Crippen molar-refractivity contribution in [2.75, 3.05) is 5.32 Å². The van der Waals surface area contributed by atoms with Crippen LogP contribution in [-0.4, -0.2) is 0 Å². The summed E-state index contributed by atoms with van der Waals surface area (Å²) in [5.74, 6) is -0.401. The largest absolute Gasteiger partial charge is 0.380 e. The molecule has 5 heteroatoms. The molecule has 0 aliphatic carbocycles. The lowest BCUT2D eigenvalue weighted by atomic mass is 10.2. The molecule has 0 fully saturated rings. The Morgan fingerprint density at radius 1 is 1.11 bits per heavy atom. The molecule has 0 heterocycles. The van der Waals surface area contributed by atoms with Gasteiger partial charge in [0.15, 0.2) is 0 Å². The summed E-state index contributed by atoms with van der Waals surface area (Å²) in [6.07, 6.45) is 0. The Morgan fingerprint density at radius 3 is 2.56 bits per heavy atom. The smallest absolute Gasteiger partial charge is 0.141 e. The molecule has 0 saturated heterocycles. The van der Waals surface area contributed by atoms with Gasteiger partial charge in [-0.25, -0.2) is 4.39 Å². The molecule has 0 aliphatic heterocycles. The lowest BCUT2D eigenvalue weighted by Gasteiger charge is -2.09. The lowest BCUT2D eigenvalue weighted by molar-refractivity contribution is 0.627. The summed E-state index contributed by atoms with van der Waals surface area (Å²) in [6, 6.07) is 10.3. The van der Waals surface area contributed by atoms with E-state index in [0.29, 0.717) is 11.6 Å². The van der Waals surface area contributed by atoms with Gasteiger partial charge in [-0.05, 0) is 58.5 Å². The molecule has 0 aliphatic rings. The molecule has 1 nitrogen and oxygen atoms in total. The second-order valence-corrected chi connectivity index (χ2v) is 5.73. The highest BCUT2D eigenvalue weighted by molar-refractivity contribution is 14.1. The quantitative estimate of drug-likeness (QED) is 0.690. The highest BCUT2D eigenvalue weighted by Crippen LogP contribution is 2.23. The molecule has 94 valence electrons. The fourth-order valence-electron chi connectivity index (χ4n) is 1.48. The minimum atomic E-state index is -0.401. The van der Waals surface area contributed by atoms with Crippen LogP contribution in [0.3, 0.4) is 0 Å². The van der Waals surface area contributed by atoms with Crippen LogP contribution in [0.1, 0.15) is 5.56 Å². The van der Waals surface area contributed by atoms with Gasteiger partial charge < -0.3 is 5.32 Å². The topological polar surface area (TPSA) is 12.0 Å². The molecule has 0 atom stereocenters. The zero-order valence-corrected chi connectivity index (χ0v) is 12.9. The molecular formula is C13H9Cl2FIN. The van der Waals surface area contributed by atoms with Crippen molar-refractivity contribution in [3.05, 3.63) is 61.4 Å². The van der Waals surface area contributed by atoms with Crippen LogP contribution in [-0.2, 0) is 6.54 Å². The third-order valence-electron chi connectivity index (χ3n) is 2.40. The predicted octanol–water partition coefficient (Wildman–Crippen LogP) is 5.35. The summed E-state index contributed by atoms with van der Waals surface area (Å²) in [4.78, 5) is 0. The van der Waals surface area contributed by atoms with Crippen molar-refractivity contribution in [2.45, 2.75) is 6.54 Å². The number of benzene rings is 2. The van der Waals surface area contributed by atoms with E-state index in [9.17, 15) is 4.39 Å². The van der Waals surface area contributed by atoms with E-state index in [4.69, 9.17) is 23.2 Å². The van der Waals surface area contributed by atoms with E-state index in [-0.39, 0.29) is 5.02 Å². The van der Waals surface area contributed by atoms with Gasteiger partial charge >= 0.3 is 0 Å². The Hall–Kier alpha value is -0.520. The highest BCUT2D eigenvalue weighted by Gasteiger charge is 2.03. The zero-order chi connectivity index (χ0) is 13.1. The van der Waals surface area contributed by atoms with Crippen LogP contribution in [0.15, 0.2) is 36.4 Å². The minimum absolute atomic E-state index is 0.139. The Morgan fingerprint density at radius 2 is 1.89 bits per heavy atom. The van der Waals surface area contributed by atoms with Gasteiger partial charge in [0, 0.05) is 20.8 Å². The molecule has 0 amide bonds. The van der Waals surface area contributed by atoms with Gasteiger partial charge in [0.2, 0.25) is 0 Å². The van der Waals surface area contributed by atoms with Crippen LogP contribution in [0.2, 0.25) is 10.0 Å². The maximum atomic E-state index is 13.0. The Bertz CT molecular complexity index is 575. The normalized spacial score (nSPS) is 10.4. The summed E-state index contributed by atoms with van der Waals surface area (Å²) in [7, 11) is 0. The summed E-state index contributed by atoms with van der Waals surface area (Å²) in [5.41, 5.74) is 1.91. The van der Waals surface area contributed by atoms with Crippen LogP contribution in [0.4, 0.5) is 10.1 Å². The van der Waals surface area contributed by atoms with E-state index in [0.717, 1.165) is 14.8 Å². The van der Waals surface area contributed by atoms with Gasteiger partial charge in [0.25, 0.3) is 0 Å². The van der Waals surface area contributed by atoms with Crippen LogP contribution < -0.4 is 5.32 Å². The molecular weight excluding hydrogens is 387 g/mol. The van der Waals surface area contributed by atoms with Gasteiger partial charge in [0.1, 0.15) is 5.82 Å². The average molecular weight is 396 g/mol. The number of anilines is 1. The number of hydrogen-bond donors (Lipinski definition) is 1. The fourth-order valence-corrected chi connectivity index (χ4v) is 2.75. The maximum Gasteiger partial charge on any atom is 0.141 e. The SMILES string of the molecule is Fc1ccc(CNc2ccc(Cl)cc2I)cc1Cl. The van der Waals surface area contributed by atoms with Gasteiger partial charge in [-0.3, -0.25) is 0 Å². The first-order valence-electron chi connectivity index (χ1n) is 5.19. The predicted molar refractivity (Wildman–Crippen MR) is 82.9 cm³/mol. The highest BCUT2D eigenvalue weighted by atomic mass is 127. The first kappa shape index (κ1) is 13.9. The molecule has 0 bridgehead atoms. The van der Waals surface area contributed by atoms with Crippen LogP contribution in [0, 0.1) is 9.39 Å². The summed E-state index contributed by atoms with van der Waals surface area (Å²) in [6.45, 7) is 0.581. The Balaban J connectivity index is 2.09. The minimum Gasteiger partial charge on any atom is -0.380 e. The van der Waals surface area contributed by atoms with Crippen molar-refractivity contribution in [1.29, 1.82) is 0 Å². The molecule has 2 aromatic carbocycles. The van der Waals surface area contributed by atoms with Crippen molar-refractivity contribution in [1.82, 2.24) is 0 Å². The van der Waals surface area contributed by atoms with Crippen molar-refractivity contribution in [2.24, 2.45) is 0 Å². The van der Waals surface area contributed by atoms with Gasteiger partial charge in [-0.15, -0.1) is 0 Å². The van der Waals surface area contributed by atoms with E-state index in [1.165, 1.54) is 6.07 Å². The van der Waals surface area contributed by atoms with E-state index in [1.54, 1.807) is 12.1 Å². The Labute approximate surface area is 128 Å². The Kier molecular flexibility index (Phi) is 4.70. The van der Waals surface area contributed by atoms with Crippen LogP contribution >= 0.6 is 45.8 Å². The molecule has 0 saturated carbocycles. The van der Waals surface area contributed by atoms with E-state index in [1.807, 2.05) is 18.2 Å². The molecule has 2 aromatic rings. The number of halogens is 4. The lowest BCUT2D eigenvalue weighted by Crippen LogP contribution is -2.01. The summed E-state index contributed by atoms with van der Waals surface area (Å²) < 4.78 is 14.0. The first-order chi connectivity index (χ1) is 8.56. The van der Waals surface area contributed by atoms with Crippen molar-refractivity contribution in [3.8, 4) is 0 Å². The van der Waals surface area contributed by atoms with Crippen LogP contribution in [0.5, 0.6) is 0 Å². The van der Waals surface area contributed by atoms with E-state index < -0.39 is 5.82 Å². The molecule has 18 heavy (non-hydrogen) atoms. The maximum absolute atomic E-state index is 13.0. The molecule has 0 aromatic heterocycles. The molecule has 0 spiro atoms. The summed E-state index contributed by atoms with van der Waals surface area (Å²) in [5, 5.41) is 4.10. The third-order valence-corrected chi connectivity index (χ3v) is 3.82. The molecule has 2 rings (SSSR count). The molecule has 0 radical (unpaired) electrons. The third kappa shape index (κ3) is 3.49. The average Bonchev–Trinajstić information content (AvgIpc) is 2.32. The number of nitrogens with one attached hydrogen (secondary N) is 1. The molecule has 1 N–H and O–H groups in total. The van der Waals surface area contributed by atoms with Gasteiger partial charge in [-0.2, -0.15) is 0 Å². The fraction of sp³-hybridized carbons (Fsp3) is 0.0769. The van der Waals surface area contributed by atoms with E-state index in [2.05, 4.69) is 27.9 Å². The van der Waals surface area contributed by atoms with Crippen molar-refractivity contribution >= 4 is 51.5 Å². The van der Waals surface area contributed by atoms with Crippen LogP contribution in [0.25, 0.3) is 0 Å². The standard InChI is InChI=1S/C13H9Cl2FIN/c14-9-2-4-13(12(17)6-9)18-7-8-1-3-11(16)10(15)5-8/h1-6,18H,7H2. The first-order valence-corrected chi connectivity index (χ1v) is 7.02. The second-order valence-electron chi connectivity index (χ2n) is 3.73. The monoisotopic (exact) mass is 395 g/mol. The second kappa shape index (κ2) is 6.08. The zero-order valence-electron chi connectivity index (χ0n) is 9.18. The molecule has 0 unspecified atom stereocenters. The van der Waals surface area contributed by atoms with Gasteiger partial charge in [-0.1, -0.05) is 29.3 Å².